The standard InChI is InChI=1S/C13H17N3O2/c1-13(2,3)18-12(17)16-6-4-5-10-7-11(14)9-15-8-10/h7-9H,6,14H2,1-3H3,(H,16,17). The maximum Gasteiger partial charge on any atom is 0.408 e. The molecule has 0 aliphatic carbocycles. The number of pyridine rings is 1. The summed E-state index contributed by atoms with van der Waals surface area (Å²) in [4.78, 5) is 15.2. The number of carbonyl (C=O) groups excluding carboxylic acids is 1. The molecule has 3 N–H and O–H groups in total. The first-order valence-corrected chi connectivity index (χ1v) is 5.53. The monoisotopic (exact) mass is 247 g/mol. The molecule has 0 saturated carbocycles. The Labute approximate surface area is 107 Å². The van der Waals surface area contributed by atoms with Crippen molar-refractivity contribution < 1.29 is 9.53 Å². The molecule has 0 radical (unpaired) electrons. The number of hydrogen-bond donors (Lipinski definition) is 2. The van der Waals surface area contributed by atoms with Crippen molar-refractivity contribution in [1.29, 1.82) is 0 Å². The number of nitrogens with zero attached hydrogens (tertiary/aromatic N) is 1. The number of nitrogens with two attached hydrogens (primary N) is 1. The van der Waals surface area contributed by atoms with Crippen molar-refractivity contribution in [2.45, 2.75) is 26.4 Å². The summed E-state index contributed by atoms with van der Waals surface area (Å²) in [5.41, 5.74) is 6.32. The van der Waals surface area contributed by atoms with Gasteiger partial charge in [0.1, 0.15) is 5.60 Å². The van der Waals surface area contributed by atoms with Crippen LogP contribution in [-0.4, -0.2) is 23.2 Å². The third kappa shape index (κ3) is 5.75. The third-order valence-corrected chi connectivity index (χ3v) is 1.71. The lowest BCUT2D eigenvalue weighted by atomic mass is 10.2. The molecule has 0 aliphatic heterocycles. The molecule has 0 aliphatic rings. The fraction of sp³-hybridized carbons (Fsp3) is 0.385. The van der Waals surface area contributed by atoms with Crippen LogP contribution in [0, 0.1) is 11.8 Å². The summed E-state index contributed by atoms with van der Waals surface area (Å²) >= 11 is 0. The van der Waals surface area contributed by atoms with Gasteiger partial charge >= 0.3 is 6.09 Å². The highest BCUT2D eigenvalue weighted by Gasteiger charge is 2.14. The molecule has 5 heteroatoms. The number of rotatable bonds is 1. The van der Waals surface area contributed by atoms with Crippen LogP contribution in [0.15, 0.2) is 18.5 Å². The summed E-state index contributed by atoms with van der Waals surface area (Å²) < 4.78 is 5.06. The van der Waals surface area contributed by atoms with E-state index in [0.717, 1.165) is 0 Å². The number of alkyl carbamates (subject to hydrolysis) is 1. The van der Waals surface area contributed by atoms with E-state index in [9.17, 15) is 4.79 Å². The van der Waals surface area contributed by atoms with Crippen LogP contribution in [0.5, 0.6) is 0 Å². The van der Waals surface area contributed by atoms with E-state index in [1.807, 2.05) is 0 Å². The molecule has 0 bridgehead atoms. The SMILES string of the molecule is CC(C)(C)OC(=O)NCC#Cc1cncc(N)c1. The van der Waals surface area contributed by atoms with E-state index in [-0.39, 0.29) is 6.54 Å². The van der Waals surface area contributed by atoms with Gasteiger partial charge in [-0.15, -0.1) is 0 Å². The first-order chi connectivity index (χ1) is 8.37. The molecule has 1 heterocycles. The summed E-state index contributed by atoms with van der Waals surface area (Å²) in [6, 6.07) is 1.72. The zero-order valence-electron chi connectivity index (χ0n) is 10.8. The van der Waals surface area contributed by atoms with E-state index in [4.69, 9.17) is 10.5 Å². The van der Waals surface area contributed by atoms with Gasteiger partial charge in [-0.1, -0.05) is 11.8 Å². The minimum absolute atomic E-state index is 0.212. The maximum atomic E-state index is 11.3. The number of carbonyl (C=O) groups is 1. The molecule has 0 fully saturated rings. The molecule has 1 rings (SSSR count). The number of amides is 1. The van der Waals surface area contributed by atoms with Gasteiger partial charge in [0.05, 0.1) is 12.2 Å². The zero-order chi connectivity index (χ0) is 13.6. The van der Waals surface area contributed by atoms with Crippen molar-refractivity contribution in [2.24, 2.45) is 0 Å². The zero-order valence-corrected chi connectivity index (χ0v) is 10.8. The number of aromatic nitrogens is 1. The molecule has 0 atom stereocenters. The summed E-state index contributed by atoms with van der Waals surface area (Å²) in [5, 5.41) is 2.54. The van der Waals surface area contributed by atoms with Gasteiger partial charge in [0.25, 0.3) is 0 Å². The fourth-order valence-corrected chi connectivity index (χ4v) is 1.10. The molecule has 1 amide bonds. The second-order valence-electron chi connectivity index (χ2n) is 4.66. The summed E-state index contributed by atoms with van der Waals surface area (Å²) in [6.07, 6.45) is 2.67. The lowest BCUT2D eigenvalue weighted by molar-refractivity contribution is 0.0535. The van der Waals surface area contributed by atoms with Crippen LogP contribution in [0.4, 0.5) is 10.5 Å². The quantitative estimate of drug-likeness (QED) is 0.738. The molecule has 0 saturated heterocycles. The number of nitrogens with one attached hydrogen (secondary N) is 1. The van der Waals surface area contributed by atoms with E-state index >= 15 is 0 Å². The second-order valence-corrected chi connectivity index (χ2v) is 4.66. The largest absolute Gasteiger partial charge is 0.444 e. The van der Waals surface area contributed by atoms with Gasteiger partial charge in [0.15, 0.2) is 0 Å². The Kier molecular flexibility index (Phi) is 4.55. The fourth-order valence-electron chi connectivity index (χ4n) is 1.10. The molecular weight excluding hydrogens is 230 g/mol. The lowest BCUT2D eigenvalue weighted by Crippen LogP contribution is -2.32. The first kappa shape index (κ1) is 13.8. The van der Waals surface area contributed by atoms with Crippen molar-refractivity contribution in [3.63, 3.8) is 0 Å². The van der Waals surface area contributed by atoms with Crippen molar-refractivity contribution in [1.82, 2.24) is 10.3 Å². The maximum absolute atomic E-state index is 11.3. The average molecular weight is 247 g/mol. The van der Waals surface area contributed by atoms with Crippen LogP contribution in [0.1, 0.15) is 26.3 Å². The van der Waals surface area contributed by atoms with Gasteiger partial charge in [-0.25, -0.2) is 4.79 Å². The highest BCUT2D eigenvalue weighted by atomic mass is 16.6. The normalized spacial score (nSPS) is 10.2. The number of anilines is 1. The van der Waals surface area contributed by atoms with Crippen LogP contribution in [0.2, 0.25) is 0 Å². The average Bonchev–Trinajstić information content (AvgIpc) is 2.22. The van der Waals surface area contributed by atoms with Gasteiger partial charge in [-0.3, -0.25) is 4.98 Å². The van der Waals surface area contributed by atoms with Crippen LogP contribution in [-0.2, 0) is 4.74 Å². The third-order valence-electron chi connectivity index (χ3n) is 1.71. The summed E-state index contributed by atoms with van der Waals surface area (Å²) in [6.45, 7) is 5.62. The van der Waals surface area contributed by atoms with Crippen LogP contribution >= 0.6 is 0 Å². The number of nitrogen functional groups attached to an aromatic ring is 1. The molecule has 0 spiro atoms. The molecular formula is C13H17N3O2. The van der Waals surface area contributed by atoms with Gasteiger partial charge in [0, 0.05) is 18.0 Å². The van der Waals surface area contributed by atoms with Crippen molar-refractivity contribution in [3.8, 4) is 11.8 Å². The molecule has 0 unspecified atom stereocenters. The highest BCUT2D eigenvalue weighted by Crippen LogP contribution is 2.06. The molecule has 96 valence electrons. The van der Waals surface area contributed by atoms with Crippen LogP contribution in [0.25, 0.3) is 0 Å². The lowest BCUT2D eigenvalue weighted by Gasteiger charge is -2.18. The van der Waals surface area contributed by atoms with E-state index in [0.29, 0.717) is 11.3 Å². The van der Waals surface area contributed by atoms with Gasteiger partial charge < -0.3 is 15.8 Å². The van der Waals surface area contributed by atoms with Gasteiger partial charge in [-0.05, 0) is 26.8 Å². The summed E-state index contributed by atoms with van der Waals surface area (Å²) in [5.74, 6) is 5.63. The van der Waals surface area contributed by atoms with E-state index in [1.54, 1.807) is 39.2 Å². The first-order valence-electron chi connectivity index (χ1n) is 5.53. The van der Waals surface area contributed by atoms with Gasteiger partial charge in [-0.2, -0.15) is 0 Å². The molecule has 0 aromatic carbocycles. The molecule has 1 aromatic rings. The second kappa shape index (κ2) is 5.92. The van der Waals surface area contributed by atoms with Gasteiger partial charge in [0.2, 0.25) is 0 Å². The molecule has 1 aromatic heterocycles. The van der Waals surface area contributed by atoms with Crippen LogP contribution < -0.4 is 11.1 Å². The predicted molar refractivity (Wildman–Crippen MR) is 69.8 cm³/mol. The Morgan fingerprint density at radius 3 is 2.83 bits per heavy atom. The van der Waals surface area contributed by atoms with E-state index in [1.165, 1.54) is 0 Å². The van der Waals surface area contributed by atoms with E-state index in [2.05, 4.69) is 22.1 Å². The van der Waals surface area contributed by atoms with Crippen molar-refractivity contribution in [2.75, 3.05) is 12.3 Å². The smallest absolute Gasteiger partial charge is 0.408 e. The minimum Gasteiger partial charge on any atom is -0.444 e. The topological polar surface area (TPSA) is 77.2 Å². The Balaban J connectivity index is 2.41. The minimum atomic E-state index is -0.505. The van der Waals surface area contributed by atoms with Crippen molar-refractivity contribution >= 4 is 11.8 Å². The number of ether oxygens (including phenoxy) is 1. The van der Waals surface area contributed by atoms with E-state index < -0.39 is 11.7 Å². The summed E-state index contributed by atoms with van der Waals surface area (Å²) in [7, 11) is 0. The predicted octanol–water partition coefficient (Wildman–Crippen LogP) is 1.54. The number of hydrogen-bond acceptors (Lipinski definition) is 4. The Hall–Kier alpha value is -2.22. The highest BCUT2D eigenvalue weighted by molar-refractivity contribution is 5.68. The molecule has 18 heavy (non-hydrogen) atoms. The Morgan fingerprint density at radius 2 is 2.22 bits per heavy atom. The van der Waals surface area contributed by atoms with Crippen molar-refractivity contribution in [3.05, 3.63) is 24.0 Å². The Bertz CT molecular complexity index is 481. The Morgan fingerprint density at radius 1 is 1.50 bits per heavy atom. The molecule has 5 nitrogen and oxygen atoms in total. The van der Waals surface area contributed by atoms with Crippen LogP contribution in [0.3, 0.4) is 0 Å².